The molecule has 0 spiro atoms. The third-order valence-corrected chi connectivity index (χ3v) is 5.36. The lowest BCUT2D eigenvalue weighted by atomic mass is 9.89. The van der Waals surface area contributed by atoms with Crippen molar-refractivity contribution in [3.63, 3.8) is 0 Å². The van der Waals surface area contributed by atoms with Gasteiger partial charge in [0, 0.05) is 23.2 Å². The van der Waals surface area contributed by atoms with Crippen LogP contribution in [0.15, 0.2) is 24.3 Å². The minimum Gasteiger partial charge on any atom is -0.530 e. The number of amides is 1. The van der Waals surface area contributed by atoms with E-state index in [1.54, 1.807) is 6.92 Å². The Hall–Kier alpha value is -2.53. The first-order chi connectivity index (χ1) is 12.7. The van der Waals surface area contributed by atoms with E-state index in [0.29, 0.717) is 34.9 Å². The van der Waals surface area contributed by atoms with Crippen LogP contribution in [-0.4, -0.2) is 17.3 Å². The molecule has 3 rings (SSSR count). The smallest absolute Gasteiger partial charge is 0.138 e. The lowest BCUT2D eigenvalue weighted by molar-refractivity contribution is -0.242. The molecule has 27 heavy (non-hydrogen) atoms. The number of rotatable bonds is 4. The summed E-state index contributed by atoms with van der Waals surface area (Å²) in [7, 11) is 0. The van der Waals surface area contributed by atoms with Gasteiger partial charge < -0.3 is 25.1 Å². The Labute approximate surface area is 160 Å². The first-order valence-corrected chi connectivity index (χ1v) is 9.29. The lowest BCUT2D eigenvalue weighted by Crippen LogP contribution is -2.30. The molecular weight excluding hydrogens is 342 g/mol. The van der Waals surface area contributed by atoms with Crippen molar-refractivity contribution >= 4 is 11.8 Å². The number of hydrogen-bond acceptors (Lipinski definition) is 4. The summed E-state index contributed by atoms with van der Waals surface area (Å²) in [5.74, 6) is 1.08. The highest BCUT2D eigenvalue weighted by Crippen LogP contribution is 2.45. The summed E-state index contributed by atoms with van der Waals surface area (Å²) in [6.45, 7) is 9.87. The quantitative estimate of drug-likeness (QED) is 0.864. The number of anilines is 1. The standard InChI is InChI=1S/C22H27NO4/c1-11(2)15-6-8-16(9-7-15)20(24)18-14(5)19(23-22(25)26)13(4)17-10-12(3)27-21(17)18/h6-9,11-12,20,23-24H,10H2,1-5H3,(H,25,26)/p-1. The van der Waals surface area contributed by atoms with Crippen LogP contribution in [0.3, 0.4) is 0 Å². The van der Waals surface area contributed by atoms with Crippen LogP contribution in [0.25, 0.3) is 0 Å². The van der Waals surface area contributed by atoms with E-state index < -0.39 is 12.2 Å². The molecule has 144 valence electrons. The summed E-state index contributed by atoms with van der Waals surface area (Å²) in [5, 5.41) is 24.7. The number of ether oxygens (including phenoxy) is 1. The third-order valence-electron chi connectivity index (χ3n) is 5.36. The number of aliphatic hydroxyl groups excluding tert-OH is 1. The van der Waals surface area contributed by atoms with E-state index >= 15 is 0 Å². The number of fused-ring (bicyclic) bond motifs is 1. The van der Waals surface area contributed by atoms with Crippen LogP contribution in [-0.2, 0) is 6.42 Å². The van der Waals surface area contributed by atoms with Gasteiger partial charge >= 0.3 is 0 Å². The topological polar surface area (TPSA) is 81.6 Å². The van der Waals surface area contributed by atoms with E-state index in [0.717, 1.165) is 16.7 Å². The molecule has 1 aliphatic heterocycles. The molecule has 0 aliphatic carbocycles. The zero-order valence-corrected chi connectivity index (χ0v) is 16.4. The second-order valence-electron chi connectivity index (χ2n) is 7.62. The fraction of sp³-hybridized carbons (Fsp3) is 0.409. The van der Waals surface area contributed by atoms with Crippen molar-refractivity contribution in [2.75, 3.05) is 5.32 Å². The number of carboxylic acid groups (broad SMARTS) is 1. The molecule has 0 saturated carbocycles. The molecule has 0 bridgehead atoms. The van der Waals surface area contributed by atoms with Crippen LogP contribution in [0.5, 0.6) is 5.75 Å². The number of carbonyl (C=O) groups excluding carboxylic acids is 1. The Morgan fingerprint density at radius 3 is 2.33 bits per heavy atom. The van der Waals surface area contributed by atoms with Crippen LogP contribution in [0.2, 0.25) is 0 Å². The van der Waals surface area contributed by atoms with E-state index in [2.05, 4.69) is 19.2 Å². The molecule has 0 aromatic heterocycles. The highest BCUT2D eigenvalue weighted by Gasteiger charge is 2.31. The maximum absolute atomic E-state index is 11.2. The Bertz CT molecular complexity index is 871. The molecule has 5 heteroatoms. The monoisotopic (exact) mass is 368 g/mol. The molecule has 2 atom stereocenters. The second kappa shape index (κ2) is 7.24. The molecule has 0 saturated heterocycles. The van der Waals surface area contributed by atoms with Crippen molar-refractivity contribution < 1.29 is 19.7 Å². The first-order valence-electron chi connectivity index (χ1n) is 9.29. The Balaban J connectivity index is 2.13. The molecule has 1 aliphatic rings. The van der Waals surface area contributed by atoms with Crippen LogP contribution in [0.1, 0.15) is 66.2 Å². The fourth-order valence-corrected chi connectivity index (χ4v) is 3.83. The van der Waals surface area contributed by atoms with Gasteiger partial charge in [-0.2, -0.15) is 0 Å². The molecule has 2 unspecified atom stereocenters. The number of carbonyl (C=O) groups is 1. The Kier molecular flexibility index (Phi) is 5.16. The zero-order chi connectivity index (χ0) is 19.9. The van der Waals surface area contributed by atoms with Crippen molar-refractivity contribution in [2.24, 2.45) is 0 Å². The number of hydrogen-bond donors (Lipinski definition) is 2. The van der Waals surface area contributed by atoms with E-state index in [4.69, 9.17) is 4.74 Å². The normalized spacial score (nSPS) is 16.8. The van der Waals surface area contributed by atoms with Gasteiger partial charge in [0.25, 0.3) is 0 Å². The van der Waals surface area contributed by atoms with Crippen LogP contribution >= 0.6 is 0 Å². The van der Waals surface area contributed by atoms with Gasteiger partial charge in [0.2, 0.25) is 0 Å². The van der Waals surface area contributed by atoms with Gasteiger partial charge in [0.05, 0.1) is 0 Å². The van der Waals surface area contributed by atoms with Gasteiger partial charge in [-0.05, 0) is 48.9 Å². The van der Waals surface area contributed by atoms with E-state index in [-0.39, 0.29) is 6.10 Å². The average molecular weight is 368 g/mol. The van der Waals surface area contributed by atoms with Gasteiger partial charge in [-0.1, -0.05) is 38.1 Å². The lowest BCUT2D eigenvalue weighted by Gasteiger charge is -2.24. The maximum Gasteiger partial charge on any atom is 0.138 e. The number of aliphatic hydroxyl groups is 1. The van der Waals surface area contributed by atoms with Crippen molar-refractivity contribution in [3.05, 3.63) is 57.6 Å². The minimum absolute atomic E-state index is 0.0226. The largest absolute Gasteiger partial charge is 0.530 e. The highest BCUT2D eigenvalue weighted by atomic mass is 16.5. The van der Waals surface area contributed by atoms with Crippen LogP contribution < -0.4 is 15.2 Å². The zero-order valence-electron chi connectivity index (χ0n) is 16.4. The molecule has 2 aromatic carbocycles. The molecule has 1 amide bonds. The molecule has 5 nitrogen and oxygen atoms in total. The second-order valence-corrected chi connectivity index (χ2v) is 7.62. The summed E-state index contributed by atoms with van der Waals surface area (Å²) in [5.41, 5.74) is 5.44. The number of benzene rings is 2. The molecular formula is C22H26NO4-. The third kappa shape index (κ3) is 3.52. The summed E-state index contributed by atoms with van der Waals surface area (Å²) in [4.78, 5) is 11.2. The predicted octanol–water partition coefficient (Wildman–Crippen LogP) is 3.59. The van der Waals surface area contributed by atoms with Gasteiger partial charge in [0.15, 0.2) is 0 Å². The van der Waals surface area contributed by atoms with Crippen molar-refractivity contribution in [2.45, 2.75) is 59.2 Å². The summed E-state index contributed by atoms with van der Waals surface area (Å²) in [6, 6.07) is 7.85. The van der Waals surface area contributed by atoms with Gasteiger partial charge in [-0.15, -0.1) is 0 Å². The van der Waals surface area contributed by atoms with Crippen molar-refractivity contribution in [3.8, 4) is 5.75 Å². The summed E-state index contributed by atoms with van der Waals surface area (Å²) >= 11 is 0. The Morgan fingerprint density at radius 1 is 1.19 bits per heavy atom. The minimum atomic E-state index is -1.37. The van der Waals surface area contributed by atoms with Crippen molar-refractivity contribution in [1.29, 1.82) is 0 Å². The van der Waals surface area contributed by atoms with Crippen LogP contribution in [0, 0.1) is 13.8 Å². The SMILES string of the molecule is Cc1c2c(c(C(O)c3ccc(C(C)C)cc3)c(C)c1NC(=O)[O-])OC(C)C2. The molecule has 2 aromatic rings. The highest BCUT2D eigenvalue weighted by molar-refractivity contribution is 5.86. The van der Waals surface area contributed by atoms with E-state index in [1.807, 2.05) is 38.1 Å². The fourth-order valence-electron chi connectivity index (χ4n) is 3.83. The summed E-state index contributed by atoms with van der Waals surface area (Å²) < 4.78 is 6.01. The maximum atomic E-state index is 11.2. The number of nitrogens with one attached hydrogen (secondary N) is 1. The molecule has 0 radical (unpaired) electrons. The molecule has 1 heterocycles. The molecule has 0 fully saturated rings. The van der Waals surface area contributed by atoms with E-state index in [9.17, 15) is 15.0 Å². The van der Waals surface area contributed by atoms with Gasteiger partial charge in [-0.3, -0.25) is 0 Å². The predicted molar refractivity (Wildman–Crippen MR) is 103 cm³/mol. The van der Waals surface area contributed by atoms with Crippen LogP contribution in [0.4, 0.5) is 10.5 Å². The van der Waals surface area contributed by atoms with Gasteiger partial charge in [-0.25, -0.2) is 0 Å². The summed E-state index contributed by atoms with van der Waals surface area (Å²) in [6.07, 6.45) is -1.62. The molecule has 2 N–H and O–H groups in total. The van der Waals surface area contributed by atoms with E-state index in [1.165, 1.54) is 5.56 Å². The first kappa shape index (κ1) is 19.2. The van der Waals surface area contributed by atoms with Crippen molar-refractivity contribution in [1.82, 2.24) is 0 Å². The Morgan fingerprint density at radius 2 is 1.78 bits per heavy atom. The average Bonchev–Trinajstić information content (AvgIpc) is 3.00. The van der Waals surface area contributed by atoms with Gasteiger partial charge in [0.1, 0.15) is 24.1 Å².